The maximum absolute atomic E-state index is 12.0. The molecular weight excluding hydrogens is 280 g/mol. The average Bonchev–Trinajstić information content (AvgIpc) is 3.01. The number of hydrogen-bond donors (Lipinski definition) is 3. The van der Waals surface area contributed by atoms with Crippen LogP contribution in [0.1, 0.15) is 29.6 Å². The predicted molar refractivity (Wildman–Crippen MR) is 86.8 cm³/mol. The molecule has 0 aromatic heterocycles. The van der Waals surface area contributed by atoms with E-state index in [1.54, 1.807) is 24.3 Å². The Morgan fingerprint density at radius 3 is 2.45 bits per heavy atom. The highest BCUT2D eigenvalue weighted by Gasteiger charge is 2.11. The molecule has 6 heteroatoms. The standard InChI is InChI=1S/C16H24N4O2/c17-8-7-15(21)19-14-5-3-13(4-6-14)16(22)18-9-12-20-10-1-2-11-20/h3-6H,1-2,7-12,17H2,(H,18,22)(H,19,21). The Hall–Kier alpha value is -1.92. The smallest absolute Gasteiger partial charge is 0.251 e. The number of anilines is 1. The van der Waals surface area contributed by atoms with E-state index in [4.69, 9.17) is 5.73 Å². The molecule has 1 aliphatic heterocycles. The Kier molecular flexibility index (Phi) is 6.36. The number of hydrogen-bond acceptors (Lipinski definition) is 4. The molecule has 1 aromatic rings. The van der Waals surface area contributed by atoms with Gasteiger partial charge in [-0.1, -0.05) is 0 Å². The molecule has 0 atom stereocenters. The Balaban J connectivity index is 1.76. The third-order valence-electron chi connectivity index (χ3n) is 3.71. The van der Waals surface area contributed by atoms with E-state index in [9.17, 15) is 9.59 Å². The normalized spacial score (nSPS) is 14.8. The fourth-order valence-electron chi connectivity index (χ4n) is 2.50. The minimum absolute atomic E-state index is 0.0842. The molecular formula is C16H24N4O2. The molecule has 120 valence electrons. The monoisotopic (exact) mass is 304 g/mol. The zero-order valence-electron chi connectivity index (χ0n) is 12.8. The van der Waals surface area contributed by atoms with Gasteiger partial charge in [-0.15, -0.1) is 0 Å². The summed E-state index contributed by atoms with van der Waals surface area (Å²) in [5.41, 5.74) is 6.59. The highest BCUT2D eigenvalue weighted by molar-refractivity contribution is 5.95. The lowest BCUT2D eigenvalue weighted by molar-refractivity contribution is -0.116. The topological polar surface area (TPSA) is 87.5 Å². The largest absolute Gasteiger partial charge is 0.351 e. The van der Waals surface area contributed by atoms with Gasteiger partial charge in [-0.2, -0.15) is 0 Å². The molecule has 0 aliphatic carbocycles. The summed E-state index contributed by atoms with van der Waals surface area (Å²) in [5, 5.41) is 5.65. The number of carbonyl (C=O) groups is 2. The summed E-state index contributed by atoms with van der Waals surface area (Å²) in [7, 11) is 0. The van der Waals surface area contributed by atoms with E-state index < -0.39 is 0 Å². The number of rotatable bonds is 7. The minimum Gasteiger partial charge on any atom is -0.351 e. The molecule has 0 radical (unpaired) electrons. The number of nitrogens with two attached hydrogens (primary N) is 1. The first kappa shape index (κ1) is 16.5. The molecule has 1 aliphatic rings. The van der Waals surface area contributed by atoms with E-state index in [2.05, 4.69) is 15.5 Å². The SMILES string of the molecule is NCCC(=O)Nc1ccc(C(=O)NCCN2CCCC2)cc1. The van der Waals surface area contributed by atoms with Crippen LogP contribution in [0.2, 0.25) is 0 Å². The Bertz CT molecular complexity index is 495. The van der Waals surface area contributed by atoms with Crippen molar-refractivity contribution in [3.63, 3.8) is 0 Å². The van der Waals surface area contributed by atoms with Gasteiger partial charge in [-0.05, 0) is 50.2 Å². The van der Waals surface area contributed by atoms with Crippen molar-refractivity contribution in [2.24, 2.45) is 5.73 Å². The maximum atomic E-state index is 12.0. The molecule has 0 spiro atoms. The molecule has 6 nitrogen and oxygen atoms in total. The van der Waals surface area contributed by atoms with Crippen LogP contribution >= 0.6 is 0 Å². The molecule has 2 rings (SSSR count). The molecule has 4 N–H and O–H groups in total. The van der Waals surface area contributed by atoms with Crippen LogP contribution in [0.5, 0.6) is 0 Å². The van der Waals surface area contributed by atoms with Crippen LogP contribution in [0.15, 0.2) is 24.3 Å². The summed E-state index contributed by atoms with van der Waals surface area (Å²) in [6.07, 6.45) is 2.80. The second kappa shape index (κ2) is 8.51. The highest BCUT2D eigenvalue weighted by atomic mass is 16.2. The lowest BCUT2D eigenvalue weighted by Crippen LogP contribution is -2.33. The van der Waals surface area contributed by atoms with Gasteiger partial charge < -0.3 is 21.3 Å². The van der Waals surface area contributed by atoms with Gasteiger partial charge in [0.2, 0.25) is 5.91 Å². The Morgan fingerprint density at radius 2 is 1.82 bits per heavy atom. The van der Waals surface area contributed by atoms with Gasteiger partial charge in [-0.3, -0.25) is 9.59 Å². The molecule has 1 aromatic carbocycles. The van der Waals surface area contributed by atoms with E-state index in [0.29, 0.717) is 30.8 Å². The van der Waals surface area contributed by atoms with Crippen molar-refractivity contribution in [2.75, 3.05) is 38.0 Å². The summed E-state index contributed by atoms with van der Waals surface area (Å²) in [6, 6.07) is 6.88. The van der Waals surface area contributed by atoms with Crippen LogP contribution in [0.3, 0.4) is 0 Å². The summed E-state index contributed by atoms with van der Waals surface area (Å²) < 4.78 is 0. The molecule has 2 amide bonds. The Morgan fingerprint density at radius 1 is 1.14 bits per heavy atom. The second-order valence-corrected chi connectivity index (χ2v) is 5.47. The first-order valence-corrected chi connectivity index (χ1v) is 7.79. The minimum atomic E-state index is -0.120. The van der Waals surface area contributed by atoms with Crippen molar-refractivity contribution in [3.8, 4) is 0 Å². The van der Waals surface area contributed by atoms with Gasteiger partial charge >= 0.3 is 0 Å². The van der Waals surface area contributed by atoms with E-state index in [0.717, 1.165) is 19.6 Å². The van der Waals surface area contributed by atoms with E-state index >= 15 is 0 Å². The summed E-state index contributed by atoms with van der Waals surface area (Å²) in [5.74, 6) is -0.204. The van der Waals surface area contributed by atoms with Crippen LogP contribution in [0.25, 0.3) is 0 Å². The second-order valence-electron chi connectivity index (χ2n) is 5.47. The first-order valence-electron chi connectivity index (χ1n) is 7.79. The van der Waals surface area contributed by atoms with Gasteiger partial charge in [0.1, 0.15) is 0 Å². The average molecular weight is 304 g/mol. The van der Waals surface area contributed by atoms with Gasteiger partial charge in [0.05, 0.1) is 0 Å². The van der Waals surface area contributed by atoms with E-state index in [1.807, 2.05) is 0 Å². The predicted octanol–water partition coefficient (Wildman–Crippen LogP) is 0.800. The Labute approximate surface area is 131 Å². The van der Waals surface area contributed by atoms with Crippen molar-refractivity contribution in [3.05, 3.63) is 29.8 Å². The molecule has 1 fully saturated rings. The van der Waals surface area contributed by atoms with Crippen LogP contribution in [-0.2, 0) is 4.79 Å². The molecule has 0 bridgehead atoms. The number of amides is 2. The van der Waals surface area contributed by atoms with Gasteiger partial charge in [0.25, 0.3) is 5.91 Å². The van der Waals surface area contributed by atoms with Crippen molar-refractivity contribution < 1.29 is 9.59 Å². The third-order valence-corrected chi connectivity index (χ3v) is 3.71. The van der Waals surface area contributed by atoms with Gasteiger partial charge in [0, 0.05) is 37.3 Å². The molecule has 22 heavy (non-hydrogen) atoms. The number of nitrogens with zero attached hydrogens (tertiary/aromatic N) is 1. The summed E-state index contributed by atoms with van der Waals surface area (Å²) in [4.78, 5) is 25.8. The quantitative estimate of drug-likeness (QED) is 0.695. The lowest BCUT2D eigenvalue weighted by atomic mass is 10.2. The molecule has 1 saturated heterocycles. The van der Waals surface area contributed by atoms with Crippen LogP contribution in [-0.4, -0.2) is 49.4 Å². The van der Waals surface area contributed by atoms with Crippen LogP contribution in [0.4, 0.5) is 5.69 Å². The van der Waals surface area contributed by atoms with E-state index in [1.165, 1.54) is 12.8 Å². The van der Waals surface area contributed by atoms with Crippen molar-refractivity contribution in [1.29, 1.82) is 0 Å². The van der Waals surface area contributed by atoms with Crippen molar-refractivity contribution >= 4 is 17.5 Å². The van der Waals surface area contributed by atoms with Crippen molar-refractivity contribution in [2.45, 2.75) is 19.3 Å². The van der Waals surface area contributed by atoms with Crippen LogP contribution in [0, 0.1) is 0 Å². The van der Waals surface area contributed by atoms with Crippen molar-refractivity contribution in [1.82, 2.24) is 10.2 Å². The fraction of sp³-hybridized carbons (Fsp3) is 0.500. The van der Waals surface area contributed by atoms with Crippen LogP contribution < -0.4 is 16.4 Å². The summed E-state index contributed by atoms with van der Waals surface area (Å²) >= 11 is 0. The molecule has 0 saturated carbocycles. The molecule has 0 unspecified atom stereocenters. The van der Waals surface area contributed by atoms with Gasteiger partial charge in [-0.25, -0.2) is 0 Å². The lowest BCUT2D eigenvalue weighted by Gasteiger charge is -2.14. The zero-order valence-corrected chi connectivity index (χ0v) is 12.8. The zero-order chi connectivity index (χ0) is 15.8. The molecule has 1 heterocycles. The number of carbonyl (C=O) groups excluding carboxylic acids is 2. The number of benzene rings is 1. The van der Waals surface area contributed by atoms with Gasteiger partial charge in [0.15, 0.2) is 0 Å². The maximum Gasteiger partial charge on any atom is 0.251 e. The third kappa shape index (κ3) is 5.13. The summed E-state index contributed by atoms with van der Waals surface area (Å²) in [6.45, 7) is 4.15. The fourth-order valence-corrected chi connectivity index (χ4v) is 2.50. The number of likely N-dealkylation sites (tertiary alicyclic amines) is 1. The first-order chi connectivity index (χ1) is 10.7. The number of nitrogens with one attached hydrogen (secondary N) is 2. The van der Waals surface area contributed by atoms with E-state index in [-0.39, 0.29) is 11.8 Å². The highest BCUT2D eigenvalue weighted by Crippen LogP contribution is 2.10.